The first-order valence-electron chi connectivity index (χ1n) is 15.2. The molecule has 45 heavy (non-hydrogen) atoms. The average molecular weight is 707 g/mol. The van der Waals surface area contributed by atoms with E-state index in [9.17, 15) is 0 Å². The molecular formula is C39H35IN2O3. The lowest BCUT2D eigenvalue weighted by Gasteiger charge is -2.16. The summed E-state index contributed by atoms with van der Waals surface area (Å²) in [6.45, 7) is 7.01. The van der Waals surface area contributed by atoms with E-state index in [1.807, 2.05) is 24.3 Å². The molecule has 0 radical (unpaired) electrons. The molecule has 3 heterocycles. The summed E-state index contributed by atoms with van der Waals surface area (Å²) in [5, 5.41) is 0. The molecule has 1 aromatic heterocycles. The van der Waals surface area contributed by atoms with Crippen LogP contribution in [-0.2, 0) is 11.3 Å². The Hall–Kier alpha value is -4.40. The van der Waals surface area contributed by atoms with Gasteiger partial charge >= 0.3 is 5.89 Å². The Morgan fingerprint density at radius 1 is 0.756 bits per heavy atom. The van der Waals surface area contributed by atoms with Crippen molar-refractivity contribution in [3.8, 4) is 28.0 Å². The third-order valence-corrected chi connectivity index (χ3v) is 8.10. The second-order valence-corrected chi connectivity index (χ2v) is 10.9. The van der Waals surface area contributed by atoms with Crippen molar-refractivity contribution >= 4 is 22.9 Å². The molecule has 0 saturated heterocycles. The van der Waals surface area contributed by atoms with E-state index in [0.717, 1.165) is 58.5 Å². The van der Waals surface area contributed by atoms with Gasteiger partial charge in [-0.1, -0.05) is 84.9 Å². The highest BCUT2D eigenvalue weighted by Crippen LogP contribution is 2.41. The number of ether oxygens (including phenoxy) is 2. The van der Waals surface area contributed by atoms with Crippen LogP contribution in [0.25, 0.3) is 39.4 Å². The van der Waals surface area contributed by atoms with Gasteiger partial charge in [0, 0.05) is 12.6 Å². The zero-order valence-corrected chi connectivity index (χ0v) is 27.6. The number of aromatic nitrogens is 1. The smallest absolute Gasteiger partial charge is 0.374 e. The average Bonchev–Trinajstić information content (AvgIpc) is 3.63. The first-order chi connectivity index (χ1) is 21.7. The van der Waals surface area contributed by atoms with Crippen LogP contribution >= 0.6 is 0 Å². The lowest BCUT2D eigenvalue weighted by atomic mass is 10.0. The van der Waals surface area contributed by atoms with Gasteiger partial charge < -0.3 is 42.8 Å². The number of hydrogen-bond acceptors (Lipinski definition) is 4. The molecule has 0 atom stereocenters. The maximum atomic E-state index is 6.27. The van der Waals surface area contributed by atoms with Crippen molar-refractivity contribution in [2.75, 3.05) is 24.7 Å². The molecule has 6 heteroatoms. The molecule has 0 bridgehead atoms. The van der Waals surface area contributed by atoms with E-state index >= 15 is 0 Å². The number of nitrogens with zero attached hydrogens (tertiary/aromatic N) is 2. The summed E-state index contributed by atoms with van der Waals surface area (Å²) in [5.41, 5.74) is 9.97. The molecule has 0 unspecified atom stereocenters. The maximum Gasteiger partial charge on any atom is 0.374 e. The van der Waals surface area contributed by atoms with Gasteiger partial charge in [-0.3, -0.25) is 0 Å². The number of allylic oxidation sites excluding steroid dienone is 2. The molecule has 0 saturated carbocycles. The highest BCUT2D eigenvalue weighted by molar-refractivity contribution is 5.79. The minimum absolute atomic E-state index is 0. The van der Waals surface area contributed by atoms with Crippen LogP contribution < -0.4 is 38.2 Å². The van der Waals surface area contributed by atoms with Gasteiger partial charge in [0.15, 0.2) is 5.75 Å². The Bertz CT molecular complexity index is 1940. The Labute approximate surface area is 281 Å². The van der Waals surface area contributed by atoms with Crippen LogP contribution in [0, 0.1) is 0 Å². The zero-order chi connectivity index (χ0) is 29.9. The van der Waals surface area contributed by atoms with Crippen molar-refractivity contribution in [3.63, 3.8) is 0 Å². The van der Waals surface area contributed by atoms with Crippen LogP contribution in [0.15, 0.2) is 143 Å². The number of benzene rings is 4. The van der Waals surface area contributed by atoms with Crippen LogP contribution in [0.1, 0.15) is 19.7 Å². The van der Waals surface area contributed by atoms with Gasteiger partial charge in [0.05, 0.1) is 25.0 Å². The molecule has 0 amide bonds. The third kappa shape index (κ3) is 6.39. The number of anilines is 1. The summed E-state index contributed by atoms with van der Waals surface area (Å²) in [4.78, 5) is 2.21. The van der Waals surface area contributed by atoms with Gasteiger partial charge in [-0.05, 0) is 77.6 Å². The summed E-state index contributed by atoms with van der Waals surface area (Å²) in [7, 11) is 0. The summed E-state index contributed by atoms with van der Waals surface area (Å²) >= 11 is 0. The molecule has 0 N–H and O–H groups in total. The maximum absolute atomic E-state index is 6.27. The SMILES string of the molecule is CCN1/C(=C/C=C2C=C(/C=C/c3oc4ccc(-c5ccccc5)cc4[n+]3CC)COC/2)Oc2ccc(-c3ccccc3)cc21.[I-]. The molecule has 0 spiro atoms. The lowest BCUT2D eigenvalue weighted by molar-refractivity contribution is -0.674. The minimum atomic E-state index is 0. The quantitative estimate of drug-likeness (QED) is 0.160. The highest BCUT2D eigenvalue weighted by atomic mass is 127. The second-order valence-electron chi connectivity index (χ2n) is 10.9. The normalized spacial score (nSPS) is 16.2. The van der Waals surface area contributed by atoms with E-state index in [0.29, 0.717) is 13.2 Å². The molecule has 4 aromatic carbocycles. The standard InChI is InChI=1S/C39H35N2O3.HI/c1-3-40-34-24-32(30-11-7-5-8-12-30)17-19-36(34)43-38(40)21-15-28-23-29(27-42-26-28)16-22-39-41(4-2)35-25-33(18-20-37(35)44-39)31-13-9-6-10-14-31;/h5-25H,3-4,26-27H2,1-2H3;1H/q+1;/p-1. The van der Waals surface area contributed by atoms with Crippen LogP contribution in [-0.4, -0.2) is 19.8 Å². The molecule has 7 rings (SSSR count). The number of rotatable bonds is 7. The van der Waals surface area contributed by atoms with Crippen molar-refractivity contribution in [3.05, 3.63) is 144 Å². The van der Waals surface area contributed by atoms with Crippen molar-refractivity contribution in [2.45, 2.75) is 20.4 Å². The van der Waals surface area contributed by atoms with Crippen LogP contribution in [0.4, 0.5) is 5.69 Å². The Balaban J connectivity index is 0.00000357. The molecule has 0 aliphatic carbocycles. The first kappa shape index (κ1) is 30.6. The van der Waals surface area contributed by atoms with Crippen molar-refractivity contribution in [2.24, 2.45) is 0 Å². The minimum Gasteiger partial charge on any atom is -1.00 e. The second kappa shape index (κ2) is 13.7. The summed E-state index contributed by atoms with van der Waals surface area (Å²) < 4.78 is 20.7. The predicted molar refractivity (Wildman–Crippen MR) is 177 cm³/mol. The fourth-order valence-corrected chi connectivity index (χ4v) is 5.88. The van der Waals surface area contributed by atoms with E-state index in [1.165, 1.54) is 22.3 Å². The summed E-state index contributed by atoms with van der Waals surface area (Å²) in [6.07, 6.45) is 10.5. The van der Waals surface area contributed by atoms with Crippen LogP contribution in [0.5, 0.6) is 5.75 Å². The van der Waals surface area contributed by atoms with Gasteiger partial charge in [0.2, 0.25) is 11.5 Å². The first-order valence-corrected chi connectivity index (χ1v) is 15.2. The van der Waals surface area contributed by atoms with Gasteiger partial charge in [0.1, 0.15) is 6.54 Å². The monoisotopic (exact) mass is 706 g/mol. The summed E-state index contributed by atoms with van der Waals surface area (Å²) in [6, 6.07) is 33.6. The Morgan fingerprint density at radius 3 is 2.18 bits per heavy atom. The fraction of sp³-hybridized carbons (Fsp3) is 0.154. The topological polar surface area (TPSA) is 38.7 Å². The Morgan fingerprint density at radius 2 is 1.47 bits per heavy atom. The predicted octanol–water partition coefficient (Wildman–Crippen LogP) is 5.73. The summed E-state index contributed by atoms with van der Waals surface area (Å²) in [5.74, 6) is 2.51. The van der Waals surface area contributed by atoms with E-state index in [4.69, 9.17) is 13.9 Å². The van der Waals surface area contributed by atoms with Crippen molar-refractivity contribution < 1.29 is 42.4 Å². The van der Waals surface area contributed by atoms with Gasteiger partial charge in [-0.15, -0.1) is 0 Å². The van der Waals surface area contributed by atoms with Crippen molar-refractivity contribution in [1.29, 1.82) is 0 Å². The molecule has 2 aliphatic heterocycles. The fourth-order valence-electron chi connectivity index (χ4n) is 5.88. The van der Waals surface area contributed by atoms with Gasteiger partial charge in [-0.25, -0.2) is 0 Å². The van der Waals surface area contributed by atoms with E-state index in [-0.39, 0.29) is 24.0 Å². The lowest BCUT2D eigenvalue weighted by Crippen LogP contribution is -3.00. The molecular weight excluding hydrogens is 671 g/mol. The highest BCUT2D eigenvalue weighted by Gasteiger charge is 2.25. The Kier molecular flexibility index (Phi) is 9.33. The zero-order valence-electron chi connectivity index (χ0n) is 25.4. The van der Waals surface area contributed by atoms with Crippen molar-refractivity contribution in [1.82, 2.24) is 0 Å². The number of hydrogen-bond donors (Lipinski definition) is 0. The largest absolute Gasteiger partial charge is 1.00 e. The third-order valence-electron chi connectivity index (χ3n) is 8.10. The molecule has 0 fully saturated rings. The number of halogens is 1. The molecule has 2 aliphatic rings. The van der Waals surface area contributed by atoms with Crippen LogP contribution in [0.3, 0.4) is 0 Å². The van der Waals surface area contributed by atoms with Crippen LogP contribution in [0.2, 0.25) is 0 Å². The number of oxazole rings is 1. The number of fused-ring (bicyclic) bond motifs is 2. The molecule has 226 valence electrons. The molecule has 5 aromatic rings. The number of aryl methyl sites for hydroxylation is 1. The van der Waals surface area contributed by atoms with Gasteiger partial charge in [0.25, 0.3) is 5.52 Å². The molecule has 5 nitrogen and oxygen atoms in total. The van der Waals surface area contributed by atoms with E-state index in [2.05, 4.69) is 126 Å². The van der Waals surface area contributed by atoms with E-state index in [1.54, 1.807) is 0 Å². The van der Waals surface area contributed by atoms with E-state index < -0.39 is 0 Å². The van der Waals surface area contributed by atoms with Gasteiger partial charge in [-0.2, -0.15) is 4.57 Å².